The number of nitrogens with one attached hydrogen (secondary N) is 3. The van der Waals surface area contributed by atoms with Crippen LogP contribution in [-0.4, -0.2) is 30.1 Å². The molecule has 0 bridgehead atoms. The molecule has 2 rings (SSSR count). The van der Waals surface area contributed by atoms with E-state index in [-0.39, 0.29) is 11.7 Å². The summed E-state index contributed by atoms with van der Waals surface area (Å²) in [5.41, 5.74) is 6.32. The summed E-state index contributed by atoms with van der Waals surface area (Å²) in [5.74, 6) is 0.156. The van der Waals surface area contributed by atoms with Crippen molar-refractivity contribution in [2.45, 2.75) is 39.5 Å². The van der Waals surface area contributed by atoms with Crippen molar-refractivity contribution in [1.29, 1.82) is 0 Å². The second-order valence-electron chi connectivity index (χ2n) is 7.08. The van der Waals surface area contributed by atoms with E-state index in [9.17, 15) is 9.59 Å². The van der Waals surface area contributed by atoms with Crippen molar-refractivity contribution < 1.29 is 19.1 Å². The minimum Gasteiger partial charge on any atom is -0.493 e. The summed E-state index contributed by atoms with van der Waals surface area (Å²) >= 11 is 8.48. The lowest BCUT2D eigenvalue weighted by Gasteiger charge is -2.14. The van der Waals surface area contributed by atoms with Crippen molar-refractivity contribution >= 4 is 45.1 Å². The van der Waals surface area contributed by atoms with Gasteiger partial charge in [0.25, 0.3) is 11.8 Å². The molecule has 2 amide bonds. The van der Waals surface area contributed by atoms with E-state index in [1.54, 1.807) is 30.3 Å². The molecule has 3 N–H and O–H groups in total. The molecule has 0 aliphatic carbocycles. The zero-order valence-electron chi connectivity index (χ0n) is 18.2. The monoisotopic (exact) mass is 521 g/mol. The normalized spacial score (nSPS) is 10.2. The van der Waals surface area contributed by atoms with Gasteiger partial charge in [0.15, 0.2) is 11.7 Å². The first-order valence-corrected chi connectivity index (χ1v) is 11.6. The maximum absolute atomic E-state index is 12.6. The lowest BCUT2D eigenvalue weighted by atomic mass is 10.2. The SMILES string of the molecule is CCCCCCOc1ccccc1C(=O)NC(=S)NNC(=O)COc1ccc(C)cc1Br. The molecule has 7 nitrogen and oxygen atoms in total. The van der Waals surface area contributed by atoms with Crippen molar-refractivity contribution in [1.82, 2.24) is 16.2 Å². The number of rotatable bonds is 10. The van der Waals surface area contributed by atoms with E-state index in [1.165, 1.54) is 0 Å². The van der Waals surface area contributed by atoms with Crippen molar-refractivity contribution in [3.63, 3.8) is 0 Å². The van der Waals surface area contributed by atoms with Gasteiger partial charge in [-0.05, 0) is 71.3 Å². The smallest absolute Gasteiger partial charge is 0.276 e. The highest BCUT2D eigenvalue weighted by Gasteiger charge is 2.14. The number of aryl methyl sites for hydroxylation is 1. The van der Waals surface area contributed by atoms with E-state index in [0.29, 0.717) is 23.7 Å². The van der Waals surface area contributed by atoms with Crippen molar-refractivity contribution in [2.75, 3.05) is 13.2 Å². The number of hydrazine groups is 1. The number of carbonyl (C=O) groups excluding carboxylic acids is 2. The largest absolute Gasteiger partial charge is 0.493 e. The summed E-state index contributed by atoms with van der Waals surface area (Å²) in [7, 11) is 0. The number of thiocarbonyl (C=S) groups is 1. The van der Waals surface area contributed by atoms with Crippen LogP contribution in [0.5, 0.6) is 11.5 Å². The fourth-order valence-corrected chi connectivity index (χ4v) is 3.47. The van der Waals surface area contributed by atoms with Crippen LogP contribution in [-0.2, 0) is 4.79 Å². The maximum Gasteiger partial charge on any atom is 0.276 e. The molecule has 32 heavy (non-hydrogen) atoms. The lowest BCUT2D eigenvalue weighted by molar-refractivity contribution is -0.123. The summed E-state index contributed by atoms with van der Waals surface area (Å²) in [5, 5.41) is 2.49. The molecule has 0 aliphatic heterocycles. The minimum absolute atomic E-state index is 0.0439. The molecule has 0 aliphatic rings. The van der Waals surface area contributed by atoms with Crippen LogP contribution in [0.3, 0.4) is 0 Å². The van der Waals surface area contributed by atoms with Gasteiger partial charge in [0, 0.05) is 0 Å². The molecular weight excluding hydrogens is 494 g/mol. The third kappa shape index (κ3) is 8.84. The Balaban J connectivity index is 1.77. The van der Waals surface area contributed by atoms with Crippen molar-refractivity contribution in [3.05, 3.63) is 58.1 Å². The van der Waals surface area contributed by atoms with Crippen LogP contribution < -0.4 is 25.6 Å². The van der Waals surface area contributed by atoms with E-state index < -0.39 is 11.8 Å². The van der Waals surface area contributed by atoms with E-state index in [1.807, 2.05) is 19.1 Å². The second-order valence-corrected chi connectivity index (χ2v) is 8.35. The van der Waals surface area contributed by atoms with Crippen LogP contribution >= 0.6 is 28.1 Å². The standard InChI is InChI=1S/C23H28BrN3O4S/c1-3-4-5-8-13-30-19-10-7-6-9-17(19)22(29)25-23(32)27-26-21(28)15-31-20-12-11-16(2)14-18(20)24/h6-7,9-12,14H,3-5,8,13,15H2,1-2H3,(H,26,28)(H2,25,27,29,32). The van der Waals surface area contributed by atoms with Crippen molar-refractivity contribution in [2.24, 2.45) is 0 Å². The Morgan fingerprint density at radius 2 is 1.78 bits per heavy atom. The van der Waals surface area contributed by atoms with E-state index in [2.05, 4.69) is 39.0 Å². The molecule has 0 aromatic heterocycles. The average Bonchev–Trinajstić information content (AvgIpc) is 2.77. The number of hydrogen-bond donors (Lipinski definition) is 3. The molecule has 0 saturated carbocycles. The quantitative estimate of drug-likeness (QED) is 0.243. The van der Waals surface area contributed by atoms with Gasteiger partial charge in [0.05, 0.1) is 16.6 Å². The lowest BCUT2D eigenvalue weighted by Crippen LogP contribution is -2.49. The third-order valence-electron chi connectivity index (χ3n) is 4.38. The van der Waals surface area contributed by atoms with Gasteiger partial charge in [-0.2, -0.15) is 0 Å². The van der Waals surface area contributed by atoms with Crippen LogP contribution in [0.15, 0.2) is 46.9 Å². The molecule has 0 spiro atoms. The topological polar surface area (TPSA) is 88.7 Å². The van der Waals surface area contributed by atoms with E-state index in [4.69, 9.17) is 21.7 Å². The Morgan fingerprint density at radius 3 is 2.53 bits per heavy atom. The van der Waals surface area contributed by atoms with E-state index >= 15 is 0 Å². The molecule has 0 fully saturated rings. The molecule has 2 aromatic carbocycles. The molecule has 0 heterocycles. The van der Waals surface area contributed by atoms with Gasteiger partial charge >= 0.3 is 0 Å². The molecule has 0 unspecified atom stereocenters. The number of carbonyl (C=O) groups is 2. The first-order chi connectivity index (χ1) is 15.4. The second kappa shape index (κ2) is 13.7. The molecule has 0 saturated heterocycles. The molecule has 0 radical (unpaired) electrons. The van der Waals surface area contributed by atoms with Gasteiger partial charge in [-0.15, -0.1) is 0 Å². The van der Waals surface area contributed by atoms with Crippen LogP contribution in [0.25, 0.3) is 0 Å². The molecule has 9 heteroatoms. The fraction of sp³-hybridized carbons (Fsp3) is 0.348. The first-order valence-electron chi connectivity index (χ1n) is 10.4. The number of hydrogen-bond acceptors (Lipinski definition) is 5. The number of para-hydroxylation sites is 1. The molecule has 2 aromatic rings. The third-order valence-corrected chi connectivity index (χ3v) is 5.20. The molecule has 0 atom stereocenters. The van der Waals surface area contributed by atoms with E-state index in [0.717, 1.165) is 35.7 Å². The fourth-order valence-electron chi connectivity index (χ4n) is 2.72. The summed E-state index contributed by atoms with van der Waals surface area (Å²) in [6.07, 6.45) is 4.32. The van der Waals surface area contributed by atoms with Gasteiger partial charge in [-0.25, -0.2) is 0 Å². The Kier molecular flexibility index (Phi) is 11.0. The Labute approximate surface area is 202 Å². The van der Waals surface area contributed by atoms with Gasteiger partial charge < -0.3 is 9.47 Å². The summed E-state index contributed by atoms with van der Waals surface area (Å²) < 4.78 is 12.0. The summed E-state index contributed by atoms with van der Waals surface area (Å²) in [4.78, 5) is 24.6. The molecular formula is C23H28BrN3O4S. The molecule has 172 valence electrons. The predicted molar refractivity (Wildman–Crippen MR) is 132 cm³/mol. The number of ether oxygens (including phenoxy) is 2. The highest BCUT2D eigenvalue weighted by Crippen LogP contribution is 2.25. The van der Waals surface area contributed by atoms with Crippen LogP contribution in [0.1, 0.15) is 48.5 Å². The number of benzene rings is 2. The highest BCUT2D eigenvalue weighted by molar-refractivity contribution is 9.10. The van der Waals surface area contributed by atoms with Gasteiger partial charge in [0.1, 0.15) is 11.5 Å². The van der Waals surface area contributed by atoms with Gasteiger partial charge in [0.2, 0.25) is 0 Å². The predicted octanol–water partition coefficient (Wildman–Crippen LogP) is 4.43. The Bertz CT molecular complexity index is 939. The zero-order valence-corrected chi connectivity index (χ0v) is 20.6. The first kappa shape index (κ1) is 25.6. The Hall–Kier alpha value is -2.65. The summed E-state index contributed by atoms with van der Waals surface area (Å²) in [6, 6.07) is 12.5. The number of halogens is 1. The summed E-state index contributed by atoms with van der Waals surface area (Å²) in [6.45, 7) is 4.43. The Morgan fingerprint density at radius 1 is 1.00 bits per heavy atom. The van der Waals surface area contributed by atoms with Gasteiger partial charge in [-0.3, -0.25) is 25.8 Å². The maximum atomic E-state index is 12.6. The van der Waals surface area contributed by atoms with Crippen molar-refractivity contribution in [3.8, 4) is 11.5 Å². The van der Waals surface area contributed by atoms with Crippen LogP contribution in [0.4, 0.5) is 0 Å². The number of unbranched alkanes of at least 4 members (excludes halogenated alkanes) is 3. The van der Waals surface area contributed by atoms with Crippen LogP contribution in [0.2, 0.25) is 0 Å². The average molecular weight is 522 g/mol. The zero-order chi connectivity index (χ0) is 23.3. The van der Waals surface area contributed by atoms with Gasteiger partial charge in [-0.1, -0.05) is 44.4 Å². The minimum atomic E-state index is -0.454. The van der Waals surface area contributed by atoms with Crippen LogP contribution in [0, 0.1) is 6.92 Å². The highest BCUT2D eigenvalue weighted by atomic mass is 79.9. The number of amides is 2.